The molecule has 10 aromatic rings. The van der Waals surface area contributed by atoms with Crippen LogP contribution >= 0.6 is 0 Å². The van der Waals surface area contributed by atoms with Gasteiger partial charge in [-0.15, -0.1) is 0 Å². The highest BCUT2D eigenvalue weighted by atomic mass is 15.0. The second-order valence-corrected chi connectivity index (χ2v) is 14.8. The Morgan fingerprint density at radius 1 is 0.339 bits per heavy atom. The summed E-state index contributed by atoms with van der Waals surface area (Å²) in [5.74, 6) is 3.59. The maximum atomic E-state index is 5.04. The molecule has 6 nitrogen and oxygen atoms in total. The van der Waals surface area contributed by atoms with Gasteiger partial charge in [0.2, 0.25) is 0 Å². The molecule has 0 saturated heterocycles. The molecule has 0 saturated carbocycles. The van der Waals surface area contributed by atoms with E-state index in [1.807, 2.05) is 66.7 Å². The molecule has 6 heteroatoms. The summed E-state index contributed by atoms with van der Waals surface area (Å²) in [6.45, 7) is 7.85. The van der Waals surface area contributed by atoms with Gasteiger partial charge in [-0.1, -0.05) is 213 Å². The molecule has 0 aliphatic heterocycles. The third-order valence-electron chi connectivity index (χ3n) is 10.9. The molecular formula is C56H38N6. The first-order valence-electron chi connectivity index (χ1n) is 20.4. The SMILES string of the molecule is C=C/C=C(\C=C)c1nc(-c2ccccc2)nc(-c2ccc(-c3cccc4cccc(-c5ccc(-c6nc(-c7ccccc7)nc(-c7ccc8ccccc8c7)n6)cc5)c34)cc2)n1. The van der Waals surface area contributed by atoms with Crippen molar-refractivity contribution in [1.29, 1.82) is 0 Å². The number of allylic oxidation sites excluding steroid dienone is 4. The van der Waals surface area contributed by atoms with Crippen molar-refractivity contribution in [3.8, 4) is 79.2 Å². The number of hydrogen-bond donors (Lipinski definition) is 0. The fraction of sp³-hybridized carbons (Fsp3) is 0. The summed E-state index contributed by atoms with van der Waals surface area (Å²) in [5, 5.41) is 4.62. The third-order valence-corrected chi connectivity index (χ3v) is 10.9. The summed E-state index contributed by atoms with van der Waals surface area (Å²) in [6.07, 6.45) is 5.31. The molecule has 0 amide bonds. The molecule has 0 aliphatic carbocycles. The van der Waals surface area contributed by atoms with E-state index < -0.39 is 0 Å². The van der Waals surface area contributed by atoms with E-state index in [-0.39, 0.29) is 0 Å². The van der Waals surface area contributed by atoms with Gasteiger partial charge in [-0.05, 0) is 49.9 Å². The molecular weight excluding hydrogens is 757 g/mol. The van der Waals surface area contributed by atoms with Crippen LogP contribution in [0.3, 0.4) is 0 Å². The van der Waals surface area contributed by atoms with E-state index in [0.29, 0.717) is 34.9 Å². The molecule has 0 radical (unpaired) electrons. The van der Waals surface area contributed by atoms with Gasteiger partial charge >= 0.3 is 0 Å². The van der Waals surface area contributed by atoms with Crippen LogP contribution in [-0.4, -0.2) is 29.9 Å². The Morgan fingerprint density at radius 3 is 1.24 bits per heavy atom. The van der Waals surface area contributed by atoms with Gasteiger partial charge in [0.05, 0.1) is 0 Å². The number of nitrogens with zero attached hydrogens (tertiary/aromatic N) is 6. The molecule has 0 aliphatic rings. The summed E-state index contributed by atoms with van der Waals surface area (Å²) in [4.78, 5) is 29.6. The fourth-order valence-corrected chi connectivity index (χ4v) is 7.81. The Bertz CT molecular complexity index is 3300. The van der Waals surface area contributed by atoms with Gasteiger partial charge in [-0.2, -0.15) is 0 Å². The average molecular weight is 795 g/mol. The van der Waals surface area contributed by atoms with E-state index in [1.165, 1.54) is 10.8 Å². The minimum absolute atomic E-state index is 0.537. The summed E-state index contributed by atoms with van der Waals surface area (Å²) in [5.41, 5.74) is 9.77. The fourth-order valence-electron chi connectivity index (χ4n) is 7.81. The molecule has 2 aromatic heterocycles. The van der Waals surface area contributed by atoms with Gasteiger partial charge in [-0.25, -0.2) is 29.9 Å². The summed E-state index contributed by atoms with van der Waals surface area (Å²) in [6, 6.07) is 64.6. The number of benzene rings is 8. The number of fused-ring (bicyclic) bond motifs is 2. The quantitative estimate of drug-likeness (QED) is 0.128. The Balaban J connectivity index is 1.02. The highest BCUT2D eigenvalue weighted by Gasteiger charge is 2.16. The van der Waals surface area contributed by atoms with Crippen LogP contribution in [0.1, 0.15) is 5.82 Å². The lowest BCUT2D eigenvalue weighted by molar-refractivity contribution is 1.04. The molecule has 10 rings (SSSR count). The zero-order valence-electron chi connectivity index (χ0n) is 33.7. The highest BCUT2D eigenvalue weighted by molar-refractivity contribution is 6.06. The van der Waals surface area contributed by atoms with Crippen molar-refractivity contribution in [1.82, 2.24) is 29.9 Å². The number of hydrogen-bond acceptors (Lipinski definition) is 6. The van der Waals surface area contributed by atoms with Crippen LogP contribution in [0.5, 0.6) is 0 Å². The van der Waals surface area contributed by atoms with Gasteiger partial charge in [-0.3, -0.25) is 0 Å². The van der Waals surface area contributed by atoms with E-state index in [0.717, 1.165) is 66.4 Å². The van der Waals surface area contributed by atoms with Crippen molar-refractivity contribution in [2.75, 3.05) is 0 Å². The van der Waals surface area contributed by atoms with Gasteiger partial charge in [0.25, 0.3) is 0 Å². The van der Waals surface area contributed by atoms with E-state index in [4.69, 9.17) is 29.9 Å². The van der Waals surface area contributed by atoms with Gasteiger partial charge in [0.1, 0.15) is 0 Å². The standard InChI is InChI=1S/C56H38N6/c1-3-15-37(4-2)51-57-52(42-17-7-5-8-18-42)59-54(58-51)44-31-27-39(28-32-44)48-24-13-22-41-23-14-25-49(50(41)48)40-29-33-45(34-30-40)55-60-53(43-19-9-6-10-20-43)61-56(62-55)47-35-26-38-16-11-12-21-46(38)36-47/h3-36H,1-2H2/b37-15+. The van der Waals surface area contributed by atoms with Crippen molar-refractivity contribution >= 4 is 27.1 Å². The first-order chi connectivity index (χ1) is 30.6. The molecule has 292 valence electrons. The molecule has 0 atom stereocenters. The van der Waals surface area contributed by atoms with Crippen LogP contribution in [0.15, 0.2) is 219 Å². The Kier molecular flexibility index (Phi) is 10.1. The lowest BCUT2D eigenvalue weighted by Crippen LogP contribution is -2.02. The first kappa shape index (κ1) is 37.8. The van der Waals surface area contributed by atoms with Gasteiger partial charge < -0.3 is 0 Å². The van der Waals surface area contributed by atoms with Gasteiger partial charge in [0, 0.05) is 33.4 Å². The second kappa shape index (κ2) is 16.6. The van der Waals surface area contributed by atoms with Gasteiger partial charge in [0.15, 0.2) is 34.9 Å². The number of rotatable bonds is 10. The smallest absolute Gasteiger partial charge is 0.164 e. The summed E-state index contributed by atoms with van der Waals surface area (Å²) >= 11 is 0. The monoisotopic (exact) mass is 794 g/mol. The molecule has 0 unspecified atom stereocenters. The van der Waals surface area contributed by atoms with E-state index in [9.17, 15) is 0 Å². The third kappa shape index (κ3) is 7.49. The Hall–Kier alpha value is -8.48. The van der Waals surface area contributed by atoms with Crippen molar-refractivity contribution in [2.24, 2.45) is 0 Å². The zero-order chi connectivity index (χ0) is 41.8. The van der Waals surface area contributed by atoms with E-state index in [1.54, 1.807) is 12.2 Å². The Labute approximate surface area is 360 Å². The van der Waals surface area contributed by atoms with Crippen LogP contribution in [0.25, 0.3) is 106 Å². The predicted molar refractivity (Wildman–Crippen MR) is 255 cm³/mol. The molecule has 0 bridgehead atoms. The van der Waals surface area contributed by atoms with Crippen LogP contribution in [0.4, 0.5) is 0 Å². The Morgan fingerprint density at radius 2 is 0.742 bits per heavy atom. The molecule has 0 fully saturated rings. The first-order valence-corrected chi connectivity index (χ1v) is 20.4. The maximum absolute atomic E-state index is 5.04. The summed E-state index contributed by atoms with van der Waals surface area (Å²) in [7, 11) is 0. The topological polar surface area (TPSA) is 77.3 Å². The van der Waals surface area contributed by atoms with Crippen molar-refractivity contribution < 1.29 is 0 Å². The molecule has 62 heavy (non-hydrogen) atoms. The lowest BCUT2D eigenvalue weighted by atomic mass is 9.91. The minimum atomic E-state index is 0.537. The lowest BCUT2D eigenvalue weighted by Gasteiger charge is -2.14. The number of aromatic nitrogens is 6. The van der Waals surface area contributed by atoms with E-state index in [2.05, 4.69) is 141 Å². The minimum Gasteiger partial charge on any atom is -0.208 e. The van der Waals surface area contributed by atoms with Crippen molar-refractivity contribution in [3.05, 3.63) is 225 Å². The molecule has 0 spiro atoms. The average Bonchev–Trinajstić information content (AvgIpc) is 3.35. The van der Waals surface area contributed by atoms with Crippen LogP contribution in [0, 0.1) is 0 Å². The van der Waals surface area contributed by atoms with E-state index >= 15 is 0 Å². The summed E-state index contributed by atoms with van der Waals surface area (Å²) < 4.78 is 0. The van der Waals surface area contributed by atoms with Crippen molar-refractivity contribution in [2.45, 2.75) is 0 Å². The maximum Gasteiger partial charge on any atom is 0.164 e. The molecule has 0 N–H and O–H groups in total. The van der Waals surface area contributed by atoms with Crippen LogP contribution < -0.4 is 0 Å². The van der Waals surface area contributed by atoms with Crippen LogP contribution in [-0.2, 0) is 0 Å². The largest absolute Gasteiger partial charge is 0.208 e. The van der Waals surface area contributed by atoms with Crippen molar-refractivity contribution in [3.63, 3.8) is 0 Å². The zero-order valence-corrected chi connectivity index (χ0v) is 33.7. The van der Waals surface area contributed by atoms with Crippen LogP contribution in [0.2, 0.25) is 0 Å². The second-order valence-electron chi connectivity index (χ2n) is 14.8. The normalized spacial score (nSPS) is 11.5. The predicted octanol–water partition coefficient (Wildman–Crippen LogP) is 13.8. The molecule has 2 heterocycles. The highest BCUT2D eigenvalue weighted by Crippen LogP contribution is 2.38. The molecule has 8 aromatic carbocycles.